The number of aliphatic hydroxyl groups excluding tert-OH is 1. The van der Waals surface area contributed by atoms with Crippen molar-refractivity contribution in [3.8, 4) is 5.75 Å². The van der Waals surface area contributed by atoms with Crippen LogP contribution in [0.3, 0.4) is 0 Å². The van der Waals surface area contributed by atoms with E-state index >= 15 is 0 Å². The molecule has 1 unspecified atom stereocenters. The van der Waals surface area contributed by atoms with Crippen molar-refractivity contribution >= 4 is 5.69 Å². The van der Waals surface area contributed by atoms with Crippen molar-refractivity contribution in [1.82, 2.24) is 5.32 Å². The average molecular weight is 280 g/mol. The molecule has 114 valence electrons. The number of hydrogen-bond acceptors (Lipinski definition) is 4. The van der Waals surface area contributed by atoms with Gasteiger partial charge < -0.3 is 20.1 Å². The van der Waals surface area contributed by atoms with E-state index in [2.05, 4.69) is 49.2 Å². The predicted octanol–water partition coefficient (Wildman–Crippen LogP) is 2.40. The second-order valence-corrected chi connectivity index (χ2v) is 5.00. The van der Waals surface area contributed by atoms with Gasteiger partial charge in [-0.3, -0.25) is 0 Å². The van der Waals surface area contributed by atoms with Crippen LogP contribution in [0.2, 0.25) is 0 Å². The molecule has 1 atom stereocenters. The van der Waals surface area contributed by atoms with Gasteiger partial charge in [-0.2, -0.15) is 0 Å². The molecule has 20 heavy (non-hydrogen) atoms. The summed E-state index contributed by atoms with van der Waals surface area (Å²) in [5, 5.41) is 12.6. The molecule has 0 aliphatic carbocycles. The number of aliphatic hydroxyl groups is 1. The highest BCUT2D eigenvalue weighted by Gasteiger charge is 2.11. The number of rotatable bonds is 9. The lowest BCUT2D eigenvalue weighted by molar-refractivity contribution is 0.302. The number of ether oxygens (including phenoxy) is 1. The molecule has 2 N–H and O–H groups in total. The van der Waals surface area contributed by atoms with Crippen LogP contribution in [0.25, 0.3) is 0 Å². The van der Waals surface area contributed by atoms with Gasteiger partial charge in [0.05, 0.1) is 19.4 Å². The monoisotopic (exact) mass is 280 g/mol. The van der Waals surface area contributed by atoms with Crippen molar-refractivity contribution in [1.29, 1.82) is 0 Å². The molecule has 0 aromatic heterocycles. The summed E-state index contributed by atoms with van der Waals surface area (Å²) in [6, 6.07) is 6.78. The molecule has 0 fully saturated rings. The number of hydrogen-bond donors (Lipinski definition) is 2. The van der Waals surface area contributed by atoms with E-state index in [-0.39, 0.29) is 6.61 Å². The van der Waals surface area contributed by atoms with Crippen LogP contribution in [0, 0.1) is 0 Å². The average Bonchev–Trinajstić information content (AvgIpc) is 2.50. The summed E-state index contributed by atoms with van der Waals surface area (Å²) in [5.41, 5.74) is 2.25. The number of nitrogens with one attached hydrogen (secondary N) is 1. The van der Waals surface area contributed by atoms with Gasteiger partial charge in [0.25, 0.3) is 0 Å². The summed E-state index contributed by atoms with van der Waals surface area (Å²) in [6.07, 6.45) is 1.12. The zero-order chi connectivity index (χ0) is 15.0. The first kappa shape index (κ1) is 16.8. The summed E-state index contributed by atoms with van der Waals surface area (Å²) in [6.45, 7) is 8.90. The first-order chi connectivity index (χ1) is 9.65. The van der Waals surface area contributed by atoms with Crippen LogP contribution in [0.4, 0.5) is 5.69 Å². The molecule has 0 saturated carbocycles. The van der Waals surface area contributed by atoms with E-state index in [1.54, 1.807) is 7.11 Å². The van der Waals surface area contributed by atoms with Gasteiger partial charge in [0.15, 0.2) is 0 Å². The minimum atomic E-state index is 0.147. The molecule has 0 heterocycles. The first-order valence-corrected chi connectivity index (χ1v) is 7.42. The van der Waals surface area contributed by atoms with Gasteiger partial charge in [0, 0.05) is 25.7 Å². The Morgan fingerprint density at radius 3 is 2.65 bits per heavy atom. The molecule has 0 spiro atoms. The Morgan fingerprint density at radius 1 is 1.35 bits per heavy atom. The number of nitrogens with zero attached hydrogens (tertiary/aromatic N) is 1. The van der Waals surface area contributed by atoms with E-state index < -0.39 is 0 Å². The van der Waals surface area contributed by atoms with Gasteiger partial charge in [-0.15, -0.1) is 0 Å². The molecule has 0 saturated heterocycles. The third-order valence-electron chi connectivity index (χ3n) is 3.60. The van der Waals surface area contributed by atoms with Gasteiger partial charge in [-0.05, 0) is 38.0 Å². The molecule has 0 amide bonds. The Balaban J connectivity index is 2.84. The van der Waals surface area contributed by atoms with Crippen LogP contribution in [-0.2, 0) is 6.54 Å². The third-order valence-corrected chi connectivity index (χ3v) is 3.60. The molecule has 4 heteroatoms. The Bertz CT molecular complexity index is 396. The van der Waals surface area contributed by atoms with Crippen molar-refractivity contribution in [3.05, 3.63) is 23.8 Å². The van der Waals surface area contributed by atoms with Crippen molar-refractivity contribution in [3.63, 3.8) is 0 Å². The quantitative estimate of drug-likeness (QED) is 0.729. The first-order valence-electron chi connectivity index (χ1n) is 7.42. The molecule has 0 aliphatic heterocycles. The zero-order valence-corrected chi connectivity index (χ0v) is 13.1. The lowest BCUT2D eigenvalue weighted by atomic mass is 10.1. The van der Waals surface area contributed by atoms with E-state index in [0.717, 1.165) is 30.9 Å². The van der Waals surface area contributed by atoms with E-state index in [1.807, 2.05) is 0 Å². The summed E-state index contributed by atoms with van der Waals surface area (Å²) in [4.78, 5) is 2.12. The SMILES string of the molecule is CCC(C)NCc1ccc(N(CC)CCO)c(OC)c1. The summed E-state index contributed by atoms with van der Waals surface area (Å²) >= 11 is 0. The van der Waals surface area contributed by atoms with Crippen LogP contribution >= 0.6 is 0 Å². The summed E-state index contributed by atoms with van der Waals surface area (Å²) in [5.74, 6) is 0.865. The Morgan fingerprint density at radius 2 is 2.10 bits per heavy atom. The largest absolute Gasteiger partial charge is 0.495 e. The molecular weight excluding hydrogens is 252 g/mol. The van der Waals surface area contributed by atoms with Crippen LogP contribution < -0.4 is 15.0 Å². The molecule has 0 radical (unpaired) electrons. The molecule has 0 bridgehead atoms. The van der Waals surface area contributed by atoms with Crippen molar-refractivity contribution < 1.29 is 9.84 Å². The van der Waals surface area contributed by atoms with E-state index in [1.165, 1.54) is 5.56 Å². The second kappa shape index (κ2) is 8.82. The Labute approximate surface area is 122 Å². The maximum absolute atomic E-state index is 9.13. The molecule has 0 aliphatic rings. The molecule has 1 aromatic rings. The second-order valence-electron chi connectivity index (χ2n) is 5.00. The van der Waals surface area contributed by atoms with E-state index in [4.69, 9.17) is 9.84 Å². The molecule has 4 nitrogen and oxygen atoms in total. The highest BCUT2D eigenvalue weighted by molar-refractivity contribution is 5.59. The van der Waals surface area contributed by atoms with Gasteiger partial charge in [-0.25, -0.2) is 0 Å². The molecule has 1 rings (SSSR count). The van der Waals surface area contributed by atoms with Crippen LogP contribution in [0.1, 0.15) is 32.8 Å². The summed E-state index contributed by atoms with van der Waals surface area (Å²) < 4.78 is 5.50. The van der Waals surface area contributed by atoms with Crippen LogP contribution in [0.15, 0.2) is 18.2 Å². The van der Waals surface area contributed by atoms with Gasteiger partial charge in [0.1, 0.15) is 5.75 Å². The lowest BCUT2D eigenvalue weighted by Crippen LogP contribution is -2.27. The lowest BCUT2D eigenvalue weighted by Gasteiger charge is -2.24. The number of likely N-dealkylation sites (N-methyl/N-ethyl adjacent to an activating group) is 1. The Kier molecular flexibility index (Phi) is 7.41. The van der Waals surface area contributed by atoms with Gasteiger partial charge in [-0.1, -0.05) is 13.0 Å². The number of benzene rings is 1. The van der Waals surface area contributed by atoms with Gasteiger partial charge in [0.2, 0.25) is 0 Å². The smallest absolute Gasteiger partial charge is 0.142 e. The third kappa shape index (κ3) is 4.69. The summed E-state index contributed by atoms with van der Waals surface area (Å²) in [7, 11) is 1.69. The number of anilines is 1. The van der Waals surface area contributed by atoms with E-state index in [9.17, 15) is 0 Å². The van der Waals surface area contributed by atoms with E-state index in [0.29, 0.717) is 12.6 Å². The fourth-order valence-corrected chi connectivity index (χ4v) is 2.10. The highest BCUT2D eigenvalue weighted by Crippen LogP contribution is 2.29. The van der Waals surface area contributed by atoms with Crippen LogP contribution in [0.5, 0.6) is 5.75 Å². The normalized spacial score (nSPS) is 12.2. The minimum absolute atomic E-state index is 0.147. The minimum Gasteiger partial charge on any atom is -0.495 e. The predicted molar refractivity (Wildman–Crippen MR) is 84.6 cm³/mol. The fraction of sp³-hybridized carbons (Fsp3) is 0.625. The molecule has 1 aromatic carbocycles. The fourth-order valence-electron chi connectivity index (χ4n) is 2.10. The van der Waals surface area contributed by atoms with Crippen molar-refractivity contribution in [2.45, 2.75) is 39.8 Å². The highest BCUT2D eigenvalue weighted by atomic mass is 16.5. The van der Waals surface area contributed by atoms with Crippen LogP contribution in [-0.4, -0.2) is 38.0 Å². The number of methoxy groups -OCH3 is 1. The van der Waals surface area contributed by atoms with Gasteiger partial charge >= 0.3 is 0 Å². The Hall–Kier alpha value is -1.26. The topological polar surface area (TPSA) is 44.7 Å². The van der Waals surface area contributed by atoms with Crippen molar-refractivity contribution in [2.75, 3.05) is 31.7 Å². The zero-order valence-electron chi connectivity index (χ0n) is 13.1. The van der Waals surface area contributed by atoms with Crippen molar-refractivity contribution in [2.24, 2.45) is 0 Å². The maximum Gasteiger partial charge on any atom is 0.142 e. The maximum atomic E-state index is 9.13. The molecular formula is C16H28N2O2. The standard InChI is InChI=1S/C16H28N2O2/c1-5-13(3)17-12-14-7-8-15(16(11-14)20-4)18(6-2)9-10-19/h7-8,11,13,17,19H,5-6,9-10,12H2,1-4H3.